The number of amides is 1. The van der Waals surface area contributed by atoms with Crippen LogP contribution in [0.4, 0.5) is 35.5 Å². The second-order valence-corrected chi connectivity index (χ2v) is 5.49. The monoisotopic (exact) mass is 419 g/mol. The third-order valence-corrected chi connectivity index (χ3v) is 3.35. The van der Waals surface area contributed by atoms with Crippen LogP contribution in [-0.2, 0) is 20.7 Å². The van der Waals surface area contributed by atoms with Gasteiger partial charge in [0.2, 0.25) is 0 Å². The number of rotatable bonds is 8. The van der Waals surface area contributed by atoms with Crippen molar-refractivity contribution in [2.24, 2.45) is 0 Å². The maximum Gasteiger partial charge on any atom is 0.460 e. The Hall–Kier alpha value is -2.53. The normalized spacial score (nSPS) is 13.6. The van der Waals surface area contributed by atoms with E-state index in [4.69, 9.17) is 0 Å². The van der Waals surface area contributed by atoms with E-state index in [1.165, 1.54) is 19.1 Å². The molecule has 0 aromatic heterocycles. The van der Waals surface area contributed by atoms with Crippen molar-refractivity contribution in [1.29, 1.82) is 0 Å². The fourth-order valence-electron chi connectivity index (χ4n) is 1.92. The molecule has 0 heterocycles. The Balaban J connectivity index is 2.89. The molecule has 0 aliphatic rings. The minimum Gasteiger partial charge on any atom is -0.457 e. The van der Waals surface area contributed by atoms with Crippen LogP contribution in [0.15, 0.2) is 30.3 Å². The summed E-state index contributed by atoms with van der Waals surface area (Å²) in [5.41, 5.74) is 0.425. The van der Waals surface area contributed by atoms with Gasteiger partial charge in [0.1, 0.15) is 6.04 Å². The van der Waals surface area contributed by atoms with E-state index >= 15 is 0 Å². The van der Waals surface area contributed by atoms with Gasteiger partial charge < -0.3 is 14.8 Å². The van der Waals surface area contributed by atoms with Gasteiger partial charge in [-0.3, -0.25) is 0 Å². The first-order chi connectivity index (χ1) is 12.8. The van der Waals surface area contributed by atoms with Gasteiger partial charge >= 0.3 is 30.1 Å². The lowest BCUT2D eigenvalue weighted by Crippen LogP contribution is -2.55. The van der Waals surface area contributed by atoms with Gasteiger partial charge in [0.25, 0.3) is 0 Å². The Kier molecular flexibility index (Phi) is 7.65. The number of ether oxygens (including phenoxy) is 2. The Bertz CT molecular complexity index is 665. The molecule has 1 amide bonds. The fraction of sp³-hybridized carbons (Fsp3) is 0.500. The van der Waals surface area contributed by atoms with Crippen LogP contribution < -0.4 is 5.32 Å². The maximum absolute atomic E-state index is 13.3. The number of alkyl carbamates (subject to hydrolysis) is 1. The summed E-state index contributed by atoms with van der Waals surface area (Å²) in [7, 11) is 0. The number of nitrogens with one attached hydrogen (secondary N) is 1. The molecule has 0 saturated carbocycles. The molecule has 28 heavy (non-hydrogen) atoms. The van der Waals surface area contributed by atoms with Crippen LogP contribution in [0.5, 0.6) is 0 Å². The number of halogens is 7. The lowest BCUT2D eigenvalue weighted by molar-refractivity contribution is -0.359. The quantitative estimate of drug-likeness (QED) is 0.515. The van der Waals surface area contributed by atoms with Crippen LogP contribution in [-0.4, -0.2) is 49.3 Å². The number of benzene rings is 1. The molecule has 0 radical (unpaired) electrons. The first-order valence-electron chi connectivity index (χ1n) is 7.78. The van der Waals surface area contributed by atoms with E-state index in [-0.39, 0.29) is 13.0 Å². The van der Waals surface area contributed by atoms with Crippen molar-refractivity contribution in [2.75, 3.05) is 13.2 Å². The lowest BCUT2D eigenvalue weighted by Gasteiger charge is -2.28. The number of hydrogen-bond donors (Lipinski definition) is 1. The molecule has 0 saturated heterocycles. The molecule has 1 atom stereocenters. The van der Waals surface area contributed by atoms with Gasteiger partial charge in [-0.05, 0) is 12.5 Å². The summed E-state index contributed by atoms with van der Waals surface area (Å²) in [4.78, 5) is 23.4. The first-order valence-corrected chi connectivity index (χ1v) is 7.78. The zero-order valence-corrected chi connectivity index (χ0v) is 14.4. The number of esters is 1. The smallest absolute Gasteiger partial charge is 0.457 e. The molecule has 5 nitrogen and oxygen atoms in total. The van der Waals surface area contributed by atoms with Gasteiger partial charge in [0.05, 0.1) is 6.61 Å². The molecule has 12 heteroatoms. The van der Waals surface area contributed by atoms with Crippen LogP contribution in [0.3, 0.4) is 0 Å². The largest absolute Gasteiger partial charge is 0.460 e. The van der Waals surface area contributed by atoms with Crippen molar-refractivity contribution < 1.29 is 49.8 Å². The van der Waals surface area contributed by atoms with Crippen LogP contribution in [0.25, 0.3) is 0 Å². The Morgan fingerprint density at radius 1 is 1.00 bits per heavy atom. The molecule has 0 aliphatic carbocycles. The second kappa shape index (κ2) is 9.11. The molecule has 1 N–H and O–H groups in total. The van der Waals surface area contributed by atoms with Crippen LogP contribution in [0.2, 0.25) is 0 Å². The van der Waals surface area contributed by atoms with E-state index in [0.29, 0.717) is 5.56 Å². The van der Waals surface area contributed by atoms with E-state index in [9.17, 15) is 40.3 Å². The number of carbonyl (C=O) groups is 2. The van der Waals surface area contributed by atoms with E-state index < -0.39 is 42.7 Å². The predicted octanol–water partition coefficient (Wildman–Crippen LogP) is 3.72. The third kappa shape index (κ3) is 5.99. The van der Waals surface area contributed by atoms with Crippen LogP contribution in [0, 0.1) is 0 Å². The first kappa shape index (κ1) is 23.5. The molecular formula is C16H16F7NO4. The lowest BCUT2D eigenvalue weighted by atomic mass is 10.1. The maximum atomic E-state index is 13.3. The molecule has 1 aromatic rings. The SMILES string of the molecule is CCOC(=O)N[C@@H](Cc1ccccc1)C(=O)OCC(F)(F)C(F)(F)C(F)(F)F. The minimum absolute atomic E-state index is 0.102. The summed E-state index contributed by atoms with van der Waals surface area (Å²) in [6, 6.07) is 6.08. The topological polar surface area (TPSA) is 64.6 Å². The standard InChI is InChI=1S/C16H16F7NO4/c1-2-27-13(26)24-11(8-10-6-4-3-5-7-10)12(25)28-9-14(17,18)15(19,20)16(21,22)23/h3-7,11H,2,8-9H2,1H3,(H,24,26)/t11-/m0/s1. The third-order valence-electron chi connectivity index (χ3n) is 3.35. The highest BCUT2D eigenvalue weighted by Gasteiger charge is 2.73. The average molecular weight is 419 g/mol. The number of hydrogen-bond acceptors (Lipinski definition) is 4. The molecule has 1 rings (SSSR count). The van der Waals surface area contributed by atoms with Crippen molar-refractivity contribution in [3.05, 3.63) is 35.9 Å². The van der Waals surface area contributed by atoms with Crippen molar-refractivity contribution in [2.45, 2.75) is 37.4 Å². The number of alkyl halides is 7. The molecule has 0 spiro atoms. The summed E-state index contributed by atoms with van der Waals surface area (Å²) in [6.07, 6.45) is -7.98. The van der Waals surface area contributed by atoms with E-state index in [1.807, 2.05) is 5.32 Å². The summed E-state index contributed by atoms with van der Waals surface area (Å²) >= 11 is 0. The predicted molar refractivity (Wildman–Crippen MR) is 81.0 cm³/mol. The van der Waals surface area contributed by atoms with Gasteiger partial charge in [-0.1, -0.05) is 30.3 Å². The highest BCUT2D eigenvalue weighted by molar-refractivity contribution is 5.81. The summed E-state index contributed by atoms with van der Waals surface area (Å²) in [6.45, 7) is -1.20. The van der Waals surface area contributed by atoms with Crippen molar-refractivity contribution in [3.8, 4) is 0 Å². The number of carbonyl (C=O) groups excluding carboxylic acids is 2. The van der Waals surface area contributed by atoms with E-state index in [1.54, 1.807) is 18.2 Å². The van der Waals surface area contributed by atoms with Gasteiger partial charge in [-0.25, -0.2) is 9.59 Å². The molecule has 0 aliphatic heterocycles. The zero-order chi connectivity index (χ0) is 21.6. The highest BCUT2D eigenvalue weighted by Crippen LogP contribution is 2.46. The molecule has 0 bridgehead atoms. The molecule has 1 aromatic carbocycles. The van der Waals surface area contributed by atoms with Crippen LogP contribution >= 0.6 is 0 Å². The van der Waals surface area contributed by atoms with Gasteiger partial charge in [0.15, 0.2) is 6.61 Å². The average Bonchev–Trinajstić information content (AvgIpc) is 2.59. The summed E-state index contributed by atoms with van der Waals surface area (Å²) < 4.78 is 97.1. The Labute approximate surface area is 154 Å². The van der Waals surface area contributed by atoms with Crippen molar-refractivity contribution in [3.63, 3.8) is 0 Å². The second-order valence-electron chi connectivity index (χ2n) is 5.49. The van der Waals surface area contributed by atoms with Crippen LogP contribution in [0.1, 0.15) is 12.5 Å². The summed E-state index contributed by atoms with van der Waals surface area (Å²) in [5.74, 6) is -13.7. The van der Waals surface area contributed by atoms with Crippen molar-refractivity contribution >= 4 is 12.1 Å². The molecule has 158 valence electrons. The highest BCUT2D eigenvalue weighted by atomic mass is 19.4. The molecular weight excluding hydrogens is 403 g/mol. The van der Waals surface area contributed by atoms with Crippen molar-refractivity contribution in [1.82, 2.24) is 5.32 Å². The minimum atomic E-state index is -6.55. The van der Waals surface area contributed by atoms with Gasteiger partial charge in [0, 0.05) is 6.42 Å². The van der Waals surface area contributed by atoms with E-state index in [0.717, 1.165) is 0 Å². The molecule has 0 fully saturated rings. The fourth-order valence-corrected chi connectivity index (χ4v) is 1.92. The molecule has 0 unspecified atom stereocenters. The van der Waals surface area contributed by atoms with Gasteiger partial charge in [-0.2, -0.15) is 30.7 Å². The summed E-state index contributed by atoms with van der Waals surface area (Å²) in [5, 5.41) is 1.98. The van der Waals surface area contributed by atoms with Gasteiger partial charge in [-0.15, -0.1) is 0 Å². The van der Waals surface area contributed by atoms with E-state index in [2.05, 4.69) is 9.47 Å². The Morgan fingerprint density at radius 3 is 2.07 bits per heavy atom. The zero-order valence-electron chi connectivity index (χ0n) is 14.4. The Morgan fingerprint density at radius 2 is 1.57 bits per heavy atom.